The quantitative estimate of drug-likeness (QED) is 0.0116. The van der Waals surface area contributed by atoms with E-state index in [0.29, 0.717) is 23.9 Å². The van der Waals surface area contributed by atoms with Crippen molar-refractivity contribution in [1.82, 2.24) is 0 Å². The van der Waals surface area contributed by atoms with E-state index in [1.165, 1.54) is 25.3 Å². The molecule has 0 aromatic heterocycles. The lowest BCUT2D eigenvalue weighted by atomic mass is 10.1. The molecule has 348 valence electrons. The predicted octanol–water partition coefficient (Wildman–Crippen LogP) is 9.49. The minimum atomic E-state index is -4.49. The standard InChI is InChI=1S/C48H80NO11P/c1-6-8-10-11-12-13-14-15-16-17-18-19-20-21-22-27-31-37-47(53)57-41-44(42-59-61(55,56)58-40-39-49(3,4)5)60-48(54)38-32-36-46(52)45(51)35-30-26-24-23-25-29-34-43(50)33-28-9-7-2/h12-13,15-16,18-19,21-26,29-30,34-35,43-46,50-52H,6-11,14,17,20,27-28,31-33,36-42H2,1-5H3/p+1/b13-12-,16-15-,19-18-,22-21-,25-23-,26-24+,34-29+,35-30+/t43-,44+,45-,46-/m0/s1. The second kappa shape index (κ2) is 38.5. The molecule has 0 rings (SSSR count). The van der Waals surface area contributed by atoms with Gasteiger partial charge >= 0.3 is 19.8 Å². The highest BCUT2D eigenvalue weighted by molar-refractivity contribution is 7.47. The molecule has 0 saturated heterocycles. The van der Waals surface area contributed by atoms with Gasteiger partial charge in [-0.15, -0.1) is 0 Å². The first-order chi connectivity index (χ1) is 29.2. The van der Waals surface area contributed by atoms with Crippen molar-refractivity contribution in [2.75, 3.05) is 47.5 Å². The van der Waals surface area contributed by atoms with Crippen LogP contribution in [0.4, 0.5) is 0 Å². The monoisotopic (exact) mass is 879 g/mol. The van der Waals surface area contributed by atoms with E-state index >= 15 is 0 Å². The van der Waals surface area contributed by atoms with Gasteiger partial charge in [-0.05, 0) is 64.2 Å². The lowest BCUT2D eigenvalue weighted by Gasteiger charge is -2.24. The summed E-state index contributed by atoms with van der Waals surface area (Å²) in [5.41, 5.74) is 0. The normalized spacial score (nSPS) is 16.0. The average molecular weight is 879 g/mol. The fraction of sp³-hybridized carbons (Fsp3) is 0.625. The van der Waals surface area contributed by atoms with E-state index in [-0.39, 0.29) is 38.9 Å². The van der Waals surface area contributed by atoms with Crippen LogP contribution in [0.2, 0.25) is 0 Å². The van der Waals surface area contributed by atoms with Crippen molar-refractivity contribution in [3.8, 4) is 0 Å². The average Bonchev–Trinajstić information content (AvgIpc) is 3.20. The van der Waals surface area contributed by atoms with Crippen molar-refractivity contribution in [3.05, 3.63) is 97.2 Å². The number of nitrogens with zero attached hydrogens (tertiary/aromatic N) is 1. The Morgan fingerprint density at radius 2 is 1.16 bits per heavy atom. The summed E-state index contributed by atoms with van der Waals surface area (Å²) in [6, 6.07) is 0. The molecule has 0 amide bonds. The summed E-state index contributed by atoms with van der Waals surface area (Å²) in [5.74, 6) is -1.21. The summed E-state index contributed by atoms with van der Waals surface area (Å²) in [6.07, 6.45) is 39.7. The Morgan fingerprint density at radius 1 is 0.623 bits per heavy atom. The summed E-state index contributed by atoms with van der Waals surface area (Å²) in [4.78, 5) is 35.4. The van der Waals surface area contributed by atoms with E-state index in [0.717, 1.165) is 51.4 Å². The molecule has 0 spiro atoms. The number of likely N-dealkylation sites (N-methyl/N-ethyl adjacent to an activating group) is 1. The Morgan fingerprint density at radius 3 is 1.77 bits per heavy atom. The number of phosphoric acid groups is 1. The molecule has 0 fully saturated rings. The molecular weight excluding hydrogens is 797 g/mol. The minimum Gasteiger partial charge on any atom is -0.462 e. The highest BCUT2D eigenvalue weighted by Crippen LogP contribution is 2.43. The van der Waals surface area contributed by atoms with E-state index in [9.17, 15) is 34.4 Å². The van der Waals surface area contributed by atoms with Gasteiger partial charge in [0.15, 0.2) is 6.10 Å². The molecule has 5 atom stereocenters. The minimum absolute atomic E-state index is 0.0461. The number of hydrogen-bond donors (Lipinski definition) is 4. The van der Waals surface area contributed by atoms with Crippen molar-refractivity contribution >= 4 is 19.8 Å². The highest BCUT2D eigenvalue weighted by atomic mass is 31.2. The summed E-state index contributed by atoms with van der Waals surface area (Å²) < 4.78 is 33.9. The number of hydrogen-bond acceptors (Lipinski definition) is 10. The molecule has 0 saturated carbocycles. The SMILES string of the molecule is CCCCC/C=C\C/C=C\C/C=C\C/C=C\CCCC(=O)OC[C@H](COP(=O)(O)OCC[N+](C)(C)C)OC(=O)CCC[C@H](O)[C@@H](O)/C=C/C=C/C=C\C=C\[C@@H](O)CCCCC. The van der Waals surface area contributed by atoms with Gasteiger partial charge in [0, 0.05) is 12.8 Å². The van der Waals surface area contributed by atoms with Gasteiger partial charge in [-0.25, -0.2) is 4.57 Å². The zero-order chi connectivity index (χ0) is 45.5. The van der Waals surface area contributed by atoms with Crippen molar-refractivity contribution < 1.29 is 57.4 Å². The van der Waals surface area contributed by atoms with Crippen LogP contribution in [-0.4, -0.2) is 109 Å². The Kier molecular flexibility index (Phi) is 36.5. The van der Waals surface area contributed by atoms with Crippen LogP contribution in [0.5, 0.6) is 0 Å². The molecule has 0 aromatic carbocycles. The Bertz CT molecular complexity index is 1410. The first kappa shape index (κ1) is 57.8. The Labute approximate surface area is 368 Å². The van der Waals surface area contributed by atoms with Gasteiger partial charge in [0.25, 0.3) is 0 Å². The number of phosphoric ester groups is 1. The number of quaternary nitrogens is 1. The maximum absolute atomic E-state index is 12.7. The second-order valence-corrected chi connectivity index (χ2v) is 17.4. The van der Waals surface area contributed by atoms with Crippen LogP contribution >= 0.6 is 7.82 Å². The summed E-state index contributed by atoms with van der Waals surface area (Å²) in [6.45, 7) is 3.79. The van der Waals surface area contributed by atoms with Crippen molar-refractivity contribution in [2.45, 2.75) is 147 Å². The lowest BCUT2D eigenvalue weighted by Crippen LogP contribution is -2.37. The number of esters is 2. The Balaban J connectivity index is 4.80. The molecule has 4 N–H and O–H groups in total. The van der Waals surface area contributed by atoms with Gasteiger partial charge in [0.2, 0.25) is 0 Å². The number of carbonyl (C=O) groups is 2. The van der Waals surface area contributed by atoms with Crippen LogP contribution in [0.1, 0.15) is 123 Å². The number of allylic oxidation sites excluding steroid dienone is 14. The van der Waals surface area contributed by atoms with Crippen molar-refractivity contribution in [2.24, 2.45) is 0 Å². The predicted molar refractivity (Wildman–Crippen MR) is 246 cm³/mol. The third kappa shape index (κ3) is 40.6. The second-order valence-electron chi connectivity index (χ2n) is 15.9. The summed E-state index contributed by atoms with van der Waals surface area (Å²) in [7, 11) is 1.21. The number of carbonyl (C=O) groups excluding carboxylic acids is 2. The number of aliphatic hydroxyl groups is 3. The van der Waals surface area contributed by atoms with Gasteiger partial charge in [0.05, 0.1) is 46.1 Å². The molecular formula is C48H81NO11P+. The maximum atomic E-state index is 12.7. The molecule has 0 radical (unpaired) electrons. The Hall–Kier alpha value is -3.19. The smallest absolute Gasteiger partial charge is 0.462 e. The third-order valence-electron chi connectivity index (χ3n) is 8.95. The van der Waals surface area contributed by atoms with E-state index in [1.54, 1.807) is 42.5 Å². The maximum Gasteiger partial charge on any atom is 0.472 e. The fourth-order valence-electron chi connectivity index (χ4n) is 5.27. The fourth-order valence-corrected chi connectivity index (χ4v) is 6.01. The van der Waals surface area contributed by atoms with Crippen LogP contribution in [0.15, 0.2) is 97.2 Å². The highest BCUT2D eigenvalue weighted by Gasteiger charge is 2.27. The van der Waals surface area contributed by atoms with E-state index < -0.39 is 50.8 Å². The zero-order valence-electron chi connectivity index (χ0n) is 37.9. The van der Waals surface area contributed by atoms with Gasteiger partial charge in [-0.1, -0.05) is 143 Å². The van der Waals surface area contributed by atoms with E-state index in [4.69, 9.17) is 18.5 Å². The van der Waals surface area contributed by atoms with E-state index in [1.807, 2.05) is 33.3 Å². The molecule has 0 bridgehead atoms. The number of aliphatic hydroxyl groups excluding tert-OH is 3. The number of unbranched alkanes of at least 4 members (excludes halogenated alkanes) is 6. The van der Waals surface area contributed by atoms with Gasteiger partial charge in [-0.2, -0.15) is 0 Å². The zero-order valence-corrected chi connectivity index (χ0v) is 38.8. The van der Waals surface area contributed by atoms with Gasteiger partial charge < -0.3 is 34.2 Å². The molecule has 61 heavy (non-hydrogen) atoms. The number of rotatable bonds is 38. The van der Waals surface area contributed by atoms with Crippen LogP contribution in [0.3, 0.4) is 0 Å². The summed E-state index contributed by atoms with van der Waals surface area (Å²) >= 11 is 0. The molecule has 1 unspecified atom stereocenters. The summed E-state index contributed by atoms with van der Waals surface area (Å²) in [5, 5.41) is 30.6. The largest absolute Gasteiger partial charge is 0.472 e. The first-order valence-electron chi connectivity index (χ1n) is 22.3. The van der Waals surface area contributed by atoms with Crippen LogP contribution in [0.25, 0.3) is 0 Å². The third-order valence-corrected chi connectivity index (χ3v) is 9.94. The first-order valence-corrected chi connectivity index (χ1v) is 23.8. The molecule has 12 nitrogen and oxygen atoms in total. The number of ether oxygens (including phenoxy) is 2. The molecule has 0 aliphatic heterocycles. The molecule has 0 heterocycles. The van der Waals surface area contributed by atoms with Gasteiger partial charge in [-0.3, -0.25) is 18.6 Å². The van der Waals surface area contributed by atoms with Crippen LogP contribution in [0, 0.1) is 0 Å². The van der Waals surface area contributed by atoms with Crippen LogP contribution in [-0.2, 0) is 32.7 Å². The molecule has 0 aliphatic carbocycles. The van der Waals surface area contributed by atoms with Crippen molar-refractivity contribution in [1.29, 1.82) is 0 Å². The van der Waals surface area contributed by atoms with Gasteiger partial charge in [0.1, 0.15) is 19.8 Å². The molecule has 13 heteroatoms. The van der Waals surface area contributed by atoms with Crippen LogP contribution < -0.4 is 0 Å². The molecule has 0 aliphatic rings. The topological polar surface area (TPSA) is 169 Å². The van der Waals surface area contributed by atoms with E-state index in [2.05, 4.69) is 50.3 Å². The lowest BCUT2D eigenvalue weighted by molar-refractivity contribution is -0.870. The molecule has 0 aromatic rings. The van der Waals surface area contributed by atoms with Crippen molar-refractivity contribution in [3.63, 3.8) is 0 Å².